The fraction of sp³-hybridized carbons (Fsp3) is 0.188. The third kappa shape index (κ3) is 1.80. The van der Waals surface area contributed by atoms with E-state index in [1.165, 1.54) is 22.3 Å². The number of benzene rings is 1. The van der Waals surface area contributed by atoms with Gasteiger partial charge in [0.1, 0.15) is 5.82 Å². The SMILES string of the molecule is Cc1cnc(-c2ccc(C)c3c2C=CCC=C3)[nH]1. The summed E-state index contributed by atoms with van der Waals surface area (Å²) < 4.78 is 0. The van der Waals surface area contributed by atoms with Gasteiger partial charge in [-0.2, -0.15) is 0 Å². The van der Waals surface area contributed by atoms with Crippen LogP contribution in [0.25, 0.3) is 23.5 Å². The van der Waals surface area contributed by atoms with Crippen LogP contribution in [0.3, 0.4) is 0 Å². The first kappa shape index (κ1) is 11.0. The predicted molar refractivity (Wildman–Crippen MR) is 76.2 cm³/mol. The predicted octanol–water partition coefficient (Wildman–Crippen LogP) is 4.12. The van der Waals surface area contributed by atoms with E-state index in [0.29, 0.717) is 0 Å². The number of hydrogen-bond donors (Lipinski definition) is 1. The van der Waals surface area contributed by atoms with Crippen molar-refractivity contribution in [3.63, 3.8) is 0 Å². The number of rotatable bonds is 1. The molecule has 1 aromatic carbocycles. The maximum absolute atomic E-state index is 4.44. The van der Waals surface area contributed by atoms with Gasteiger partial charge in [-0.1, -0.05) is 36.4 Å². The number of nitrogens with zero attached hydrogens (tertiary/aromatic N) is 1. The molecule has 3 rings (SSSR count). The molecular formula is C16H16N2. The fourth-order valence-corrected chi connectivity index (χ4v) is 2.35. The van der Waals surface area contributed by atoms with Crippen molar-refractivity contribution in [3.05, 3.63) is 52.9 Å². The summed E-state index contributed by atoms with van der Waals surface area (Å²) in [6.45, 7) is 4.18. The highest BCUT2D eigenvalue weighted by Crippen LogP contribution is 2.30. The summed E-state index contributed by atoms with van der Waals surface area (Å²) in [5, 5.41) is 0. The van der Waals surface area contributed by atoms with Crippen LogP contribution < -0.4 is 0 Å². The molecule has 1 aromatic heterocycles. The van der Waals surface area contributed by atoms with Gasteiger partial charge in [0.15, 0.2) is 0 Å². The molecule has 0 radical (unpaired) electrons. The summed E-state index contributed by atoms with van der Waals surface area (Å²) in [4.78, 5) is 7.75. The van der Waals surface area contributed by atoms with Crippen molar-refractivity contribution >= 4 is 12.2 Å². The highest BCUT2D eigenvalue weighted by molar-refractivity contribution is 5.81. The van der Waals surface area contributed by atoms with E-state index in [-0.39, 0.29) is 0 Å². The maximum Gasteiger partial charge on any atom is 0.138 e. The van der Waals surface area contributed by atoms with Gasteiger partial charge in [-0.15, -0.1) is 0 Å². The highest BCUT2D eigenvalue weighted by Gasteiger charge is 2.12. The third-order valence-electron chi connectivity index (χ3n) is 3.30. The number of aromatic nitrogens is 2. The molecule has 18 heavy (non-hydrogen) atoms. The van der Waals surface area contributed by atoms with Gasteiger partial charge in [0.05, 0.1) is 0 Å². The van der Waals surface area contributed by atoms with Crippen LogP contribution in [0.1, 0.15) is 28.8 Å². The van der Waals surface area contributed by atoms with Gasteiger partial charge in [0.2, 0.25) is 0 Å². The van der Waals surface area contributed by atoms with Gasteiger partial charge in [-0.25, -0.2) is 4.98 Å². The number of imidazole rings is 1. The molecule has 1 aliphatic rings. The molecule has 2 heteroatoms. The van der Waals surface area contributed by atoms with Gasteiger partial charge >= 0.3 is 0 Å². The Balaban J connectivity index is 2.26. The second kappa shape index (κ2) is 4.30. The van der Waals surface area contributed by atoms with E-state index >= 15 is 0 Å². The van der Waals surface area contributed by atoms with Crippen LogP contribution in [0.15, 0.2) is 30.5 Å². The molecule has 0 atom stereocenters. The molecule has 1 heterocycles. The molecule has 0 saturated carbocycles. The molecule has 0 amide bonds. The Morgan fingerprint density at radius 3 is 2.56 bits per heavy atom. The average Bonchev–Trinajstić information content (AvgIpc) is 2.64. The molecule has 2 aromatic rings. The molecule has 2 nitrogen and oxygen atoms in total. The van der Waals surface area contributed by atoms with Gasteiger partial charge in [-0.05, 0) is 37.0 Å². The van der Waals surface area contributed by atoms with Crippen LogP contribution in [0, 0.1) is 13.8 Å². The quantitative estimate of drug-likeness (QED) is 0.792. The van der Waals surface area contributed by atoms with Crippen molar-refractivity contribution in [2.45, 2.75) is 20.3 Å². The first-order valence-electron chi connectivity index (χ1n) is 6.24. The lowest BCUT2D eigenvalue weighted by Gasteiger charge is -2.10. The lowest BCUT2D eigenvalue weighted by Crippen LogP contribution is -1.92. The zero-order valence-electron chi connectivity index (χ0n) is 10.7. The van der Waals surface area contributed by atoms with Gasteiger partial charge in [-0.3, -0.25) is 0 Å². The Morgan fingerprint density at radius 1 is 1.06 bits per heavy atom. The van der Waals surface area contributed by atoms with Gasteiger partial charge in [0, 0.05) is 17.5 Å². The molecule has 0 unspecified atom stereocenters. The third-order valence-corrected chi connectivity index (χ3v) is 3.30. The van der Waals surface area contributed by atoms with E-state index in [4.69, 9.17) is 0 Å². The van der Waals surface area contributed by atoms with Crippen molar-refractivity contribution in [2.24, 2.45) is 0 Å². The number of aryl methyl sites for hydroxylation is 2. The van der Waals surface area contributed by atoms with E-state index < -0.39 is 0 Å². The van der Waals surface area contributed by atoms with Crippen molar-refractivity contribution in [1.82, 2.24) is 9.97 Å². The molecule has 0 fully saturated rings. The van der Waals surface area contributed by atoms with Crippen molar-refractivity contribution in [2.75, 3.05) is 0 Å². The van der Waals surface area contributed by atoms with E-state index in [1.807, 2.05) is 13.1 Å². The fourth-order valence-electron chi connectivity index (χ4n) is 2.35. The summed E-state index contributed by atoms with van der Waals surface area (Å²) in [5.41, 5.74) is 6.13. The minimum Gasteiger partial charge on any atom is -0.342 e. The van der Waals surface area contributed by atoms with Crippen LogP contribution in [0.4, 0.5) is 0 Å². The second-order valence-corrected chi connectivity index (χ2v) is 4.71. The van der Waals surface area contributed by atoms with Crippen LogP contribution in [-0.4, -0.2) is 9.97 Å². The minimum atomic E-state index is 0.948. The summed E-state index contributed by atoms with van der Waals surface area (Å²) in [6.07, 6.45) is 11.7. The van der Waals surface area contributed by atoms with Gasteiger partial charge < -0.3 is 4.98 Å². The topological polar surface area (TPSA) is 28.7 Å². The molecule has 0 aliphatic heterocycles. The van der Waals surface area contributed by atoms with Crippen LogP contribution in [0.2, 0.25) is 0 Å². The number of aromatic amines is 1. The summed E-state index contributed by atoms with van der Waals surface area (Å²) in [5.74, 6) is 0.948. The van der Waals surface area contributed by atoms with E-state index in [9.17, 15) is 0 Å². The molecule has 0 bridgehead atoms. The lowest BCUT2D eigenvalue weighted by molar-refractivity contribution is 1.25. The normalized spacial score (nSPS) is 13.4. The molecule has 1 aliphatic carbocycles. The Kier molecular flexibility index (Phi) is 2.63. The Morgan fingerprint density at radius 2 is 1.83 bits per heavy atom. The standard InChI is InChI=1S/C16H16N2/c1-11-8-9-15(16-17-10-12(2)18-16)14-7-5-3-4-6-13(11)14/h4-10H,3H2,1-2H3,(H,17,18). The molecule has 0 saturated heterocycles. The van der Waals surface area contributed by atoms with E-state index in [1.54, 1.807) is 0 Å². The molecular weight excluding hydrogens is 220 g/mol. The first-order chi connectivity index (χ1) is 8.75. The number of allylic oxidation sites excluding steroid dienone is 2. The Labute approximate surface area is 107 Å². The summed E-state index contributed by atoms with van der Waals surface area (Å²) >= 11 is 0. The monoisotopic (exact) mass is 236 g/mol. The second-order valence-electron chi connectivity index (χ2n) is 4.71. The van der Waals surface area contributed by atoms with Crippen molar-refractivity contribution < 1.29 is 0 Å². The molecule has 0 spiro atoms. The van der Waals surface area contributed by atoms with Crippen molar-refractivity contribution in [3.8, 4) is 11.4 Å². The number of H-pyrrole nitrogens is 1. The summed E-state index contributed by atoms with van der Waals surface area (Å²) in [6, 6.07) is 4.31. The van der Waals surface area contributed by atoms with Crippen LogP contribution in [0.5, 0.6) is 0 Å². The average molecular weight is 236 g/mol. The van der Waals surface area contributed by atoms with Crippen LogP contribution >= 0.6 is 0 Å². The van der Waals surface area contributed by atoms with E-state index in [2.05, 4.69) is 53.3 Å². The minimum absolute atomic E-state index is 0.948. The number of nitrogens with one attached hydrogen (secondary N) is 1. The Hall–Kier alpha value is -2.09. The zero-order valence-corrected chi connectivity index (χ0v) is 10.7. The zero-order chi connectivity index (χ0) is 12.5. The smallest absolute Gasteiger partial charge is 0.138 e. The molecule has 90 valence electrons. The highest BCUT2D eigenvalue weighted by atomic mass is 14.9. The van der Waals surface area contributed by atoms with Crippen molar-refractivity contribution in [1.29, 1.82) is 0 Å². The summed E-state index contributed by atoms with van der Waals surface area (Å²) in [7, 11) is 0. The Bertz CT molecular complexity index is 645. The van der Waals surface area contributed by atoms with E-state index in [0.717, 1.165) is 17.9 Å². The maximum atomic E-state index is 4.44. The first-order valence-corrected chi connectivity index (χ1v) is 6.24. The number of fused-ring (bicyclic) bond motifs is 1. The van der Waals surface area contributed by atoms with Crippen LogP contribution in [-0.2, 0) is 0 Å². The lowest BCUT2D eigenvalue weighted by atomic mass is 9.96. The largest absolute Gasteiger partial charge is 0.342 e. The number of hydrogen-bond acceptors (Lipinski definition) is 1. The molecule has 1 N–H and O–H groups in total. The van der Waals surface area contributed by atoms with Gasteiger partial charge in [0.25, 0.3) is 0 Å².